The zero-order valence-electron chi connectivity index (χ0n) is 17.6. The Balaban J connectivity index is 1.89. The Kier molecular flexibility index (Phi) is 4.70. The number of pyridine rings is 1. The lowest BCUT2D eigenvalue weighted by Crippen LogP contribution is -2.02. The molecule has 3 aromatic carbocycles. The summed E-state index contributed by atoms with van der Waals surface area (Å²) in [5.74, 6) is -1.15. The number of fused-ring (bicyclic) bond motifs is 2. The van der Waals surface area contributed by atoms with Crippen molar-refractivity contribution < 1.29 is 14.3 Å². The van der Waals surface area contributed by atoms with Crippen LogP contribution in [0.2, 0.25) is 0 Å². The molecule has 32 heavy (non-hydrogen) atoms. The molecule has 0 fully saturated rings. The third-order valence-electron chi connectivity index (χ3n) is 5.70. The average molecular weight is 425 g/mol. The SMILES string of the molecule is CC(C)c1c(-c2ccc(C(=O)O)cc2)nc2cc3[nH]ncc3cc2c1-c1ccc(F)cc1. The van der Waals surface area contributed by atoms with Gasteiger partial charge in [-0.15, -0.1) is 0 Å². The van der Waals surface area contributed by atoms with Crippen LogP contribution in [0.4, 0.5) is 4.39 Å². The topological polar surface area (TPSA) is 78.9 Å². The van der Waals surface area contributed by atoms with Gasteiger partial charge in [0.1, 0.15) is 5.82 Å². The molecule has 0 bridgehead atoms. The number of nitrogens with one attached hydrogen (secondary N) is 1. The maximum Gasteiger partial charge on any atom is 0.335 e. The van der Waals surface area contributed by atoms with E-state index in [2.05, 4.69) is 30.1 Å². The number of hydrogen-bond acceptors (Lipinski definition) is 3. The van der Waals surface area contributed by atoms with Crippen LogP contribution < -0.4 is 0 Å². The Morgan fingerprint density at radius 3 is 2.34 bits per heavy atom. The number of hydrogen-bond donors (Lipinski definition) is 2. The summed E-state index contributed by atoms with van der Waals surface area (Å²) >= 11 is 0. The number of halogens is 1. The van der Waals surface area contributed by atoms with Gasteiger partial charge >= 0.3 is 5.97 Å². The maximum absolute atomic E-state index is 13.7. The van der Waals surface area contributed by atoms with E-state index in [1.165, 1.54) is 12.1 Å². The molecule has 0 saturated carbocycles. The molecule has 0 unspecified atom stereocenters. The first-order valence-electron chi connectivity index (χ1n) is 10.3. The fourth-order valence-corrected chi connectivity index (χ4v) is 4.20. The smallest absolute Gasteiger partial charge is 0.335 e. The summed E-state index contributed by atoms with van der Waals surface area (Å²) in [6.07, 6.45) is 1.77. The van der Waals surface area contributed by atoms with Crippen LogP contribution in [0.3, 0.4) is 0 Å². The number of benzene rings is 3. The summed E-state index contributed by atoms with van der Waals surface area (Å²) in [6, 6.07) is 17.3. The number of carboxylic acid groups (broad SMARTS) is 1. The van der Waals surface area contributed by atoms with E-state index in [1.54, 1.807) is 42.6 Å². The average Bonchev–Trinajstić information content (AvgIpc) is 3.24. The summed E-state index contributed by atoms with van der Waals surface area (Å²) in [5, 5.41) is 18.3. The maximum atomic E-state index is 13.7. The molecule has 2 aromatic heterocycles. The monoisotopic (exact) mass is 425 g/mol. The zero-order valence-corrected chi connectivity index (χ0v) is 17.6. The van der Waals surface area contributed by atoms with Crippen LogP contribution in [0.25, 0.3) is 44.2 Å². The second kappa shape index (κ2) is 7.57. The van der Waals surface area contributed by atoms with Crippen LogP contribution in [-0.4, -0.2) is 26.3 Å². The Morgan fingerprint density at radius 2 is 1.69 bits per heavy atom. The second-order valence-electron chi connectivity index (χ2n) is 8.12. The summed E-state index contributed by atoms with van der Waals surface area (Å²) in [4.78, 5) is 16.3. The Labute approximate surface area is 183 Å². The molecule has 2 N–H and O–H groups in total. The van der Waals surface area contributed by atoms with Crippen LogP contribution >= 0.6 is 0 Å². The minimum atomic E-state index is -0.972. The van der Waals surface area contributed by atoms with E-state index < -0.39 is 5.97 Å². The van der Waals surface area contributed by atoms with Gasteiger partial charge in [0, 0.05) is 16.3 Å². The molecule has 0 aliphatic heterocycles. The number of carbonyl (C=O) groups is 1. The Bertz CT molecular complexity index is 1470. The van der Waals surface area contributed by atoms with E-state index >= 15 is 0 Å². The highest BCUT2D eigenvalue weighted by Crippen LogP contribution is 2.41. The molecular weight excluding hydrogens is 405 g/mol. The molecule has 0 aliphatic rings. The normalized spacial score (nSPS) is 11.5. The molecule has 0 radical (unpaired) electrons. The summed E-state index contributed by atoms with van der Waals surface area (Å²) in [7, 11) is 0. The second-order valence-corrected chi connectivity index (χ2v) is 8.12. The standard InChI is InChI=1S/C26H20FN3O2/c1-14(2)23-24(15-7-9-19(27)10-8-15)20-11-18-13-28-30-21(18)12-22(20)29-25(23)16-3-5-17(6-4-16)26(31)32/h3-14H,1-2H3,(H,28,30)(H,31,32). The number of nitrogens with zero attached hydrogens (tertiary/aromatic N) is 2. The highest BCUT2D eigenvalue weighted by molar-refractivity contribution is 6.05. The molecule has 0 aliphatic carbocycles. The molecule has 5 rings (SSSR count). The van der Waals surface area contributed by atoms with Crippen LogP contribution in [-0.2, 0) is 0 Å². The minimum absolute atomic E-state index is 0.112. The molecule has 6 heteroatoms. The minimum Gasteiger partial charge on any atom is -0.478 e. The number of aromatic amines is 1. The van der Waals surface area contributed by atoms with E-state index in [0.717, 1.165) is 49.8 Å². The fraction of sp³-hybridized carbons (Fsp3) is 0.115. The highest BCUT2D eigenvalue weighted by atomic mass is 19.1. The number of aromatic carboxylic acids is 1. The third kappa shape index (κ3) is 3.30. The van der Waals surface area contributed by atoms with E-state index in [9.17, 15) is 14.3 Å². The van der Waals surface area contributed by atoms with Crippen molar-refractivity contribution in [3.63, 3.8) is 0 Å². The van der Waals surface area contributed by atoms with Crippen molar-refractivity contribution in [2.75, 3.05) is 0 Å². The molecule has 158 valence electrons. The van der Waals surface area contributed by atoms with E-state index in [4.69, 9.17) is 4.98 Å². The van der Waals surface area contributed by atoms with Gasteiger partial charge in [-0.2, -0.15) is 5.10 Å². The van der Waals surface area contributed by atoms with Gasteiger partial charge in [-0.25, -0.2) is 14.2 Å². The van der Waals surface area contributed by atoms with Crippen molar-refractivity contribution in [2.45, 2.75) is 19.8 Å². The fourth-order valence-electron chi connectivity index (χ4n) is 4.20. The Hall–Kier alpha value is -4.06. The summed E-state index contributed by atoms with van der Waals surface area (Å²) in [5.41, 5.74) is 6.39. The Morgan fingerprint density at radius 1 is 1.00 bits per heavy atom. The van der Waals surface area contributed by atoms with Crippen LogP contribution in [0, 0.1) is 5.82 Å². The number of H-pyrrole nitrogens is 1. The van der Waals surface area contributed by atoms with Crippen molar-refractivity contribution in [3.8, 4) is 22.4 Å². The number of aromatic nitrogens is 3. The molecule has 0 amide bonds. The van der Waals surface area contributed by atoms with Crippen LogP contribution in [0.15, 0.2) is 66.9 Å². The van der Waals surface area contributed by atoms with Gasteiger partial charge in [-0.1, -0.05) is 38.1 Å². The van der Waals surface area contributed by atoms with Crippen molar-refractivity contribution in [1.82, 2.24) is 15.2 Å². The first-order valence-corrected chi connectivity index (χ1v) is 10.3. The van der Waals surface area contributed by atoms with Gasteiger partial charge < -0.3 is 5.11 Å². The van der Waals surface area contributed by atoms with Crippen molar-refractivity contribution in [2.24, 2.45) is 0 Å². The van der Waals surface area contributed by atoms with E-state index in [0.29, 0.717) is 0 Å². The summed E-state index contributed by atoms with van der Waals surface area (Å²) in [6.45, 7) is 4.20. The largest absolute Gasteiger partial charge is 0.478 e. The van der Waals surface area contributed by atoms with Crippen LogP contribution in [0.5, 0.6) is 0 Å². The van der Waals surface area contributed by atoms with Crippen molar-refractivity contribution in [3.05, 3.63) is 83.8 Å². The number of carboxylic acids is 1. The van der Waals surface area contributed by atoms with Gasteiger partial charge in [0.2, 0.25) is 0 Å². The molecule has 5 nitrogen and oxygen atoms in total. The predicted molar refractivity (Wildman–Crippen MR) is 123 cm³/mol. The predicted octanol–water partition coefficient (Wildman–Crippen LogP) is 6.41. The molecule has 0 atom stereocenters. The lowest BCUT2D eigenvalue weighted by Gasteiger charge is -2.21. The first kappa shape index (κ1) is 19.9. The highest BCUT2D eigenvalue weighted by Gasteiger charge is 2.21. The van der Waals surface area contributed by atoms with E-state index in [1.807, 2.05) is 6.07 Å². The number of rotatable bonds is 4. The lowest BCUT2D eigenvalue weighted by molar-refractivity contribution is 0.0697. The zero-order chi connectivity index (χ0) is 22.4. The van der Waals surface area contributed by atoms with Gasteiger partial charge in [0.25, 0.3) is 0 Å². The third-order valence-corrected chi connectivity index (χ3v) is 5.70. The molecule has 0 saturated heterocycles. The van der Waals surface area contributed by atoms with Crippen molar-refractivity contribution in [1.29, 1.82) is 0 Å². The molecular formula is C26H20FN3O2. The van der Waals surface area contributed by atoms with Crippen LogP contribution in [0.1, 0.15) is 35.7 Å². The van der Waals surface area contributed by atoms with E-state index in [-0.39, 0.29) is 17.3 Å². The quantitative estimate of drug-likeness (QED) is 0.349. The van der Waals surface area contributed by atoms with Gasteiger partial charge in [-0.05, 0) is 59.0 Å². The molecule has 2 heterocycles. The first-order chi connectivity index (χ1) is 15.4. The molecule has 5 aromatic rings. The lowest BCUT2D eigenvalue weighted by atomic mass is 9.86. The van der Waals surface area contributed by atoms with Gasteiger partial charge in [-0.3, -0.25) is 5.10 Å². The van der Waals surface area contributed by atoms with Gasteiger partial charge in [0.15, 0.2) is 0 Å². The van der Waals surface area contributed by atoms with Crippen molar-refractivity contribution >= 4 is 27.8 Å². The summed E-state index contributed by atoms with van der Waals surface area (Å²) < 4.78 is 13.7. The molecule has 0 spiro atoms. The van der Waals surface area contributed by atoms with Gasteiger partial charge in [0.05, 0.1) is 28.5 Å².